The number of rotatable bonds is 3. The number of hydrogen-bond acceptors (Lipinski definition) is 4. The normalized spacial score (nSPS) is 21.1. The molecule has 0 bridgehead atoms. The van der Waals surface area contributed by atoms with Crippen molar-refractivity contribution in [3.8, 4) is 0 Å². The lowest BCUT2D eigenvalue weighted by molar-refractivity contribution is -0.137. The molecule has 132 valence electrons. The van der Waals surface area contributed by atoms with E-state index < -0.39 is 11.7 Å². The van der Waals surface area contributed by atoms with Crippen molar-refractivity contribution in [2.24, 2.45) is 0 Å². The van der Waals surface area contributed by atoms with Crippen LogP contribution in [-0.4, -0.2) is 49.2 Å². The summed E-state index contributed by atoms with van der Waals surface area (Å²) < 4.78 is 37.6. The van der Waals surface area contributed by atoms with Crippen molar-refractivity contribution in [1.82, 2.24) is 15.5 Å². The van der Waals surface area contributed by atoms with Gasteiger partial charge in [0.25, 0.3) is 0 Å². The first-order chi connectivity index (χ1) is 11.4. The van der Waals surface area contributed by atoms with E-state index in [1.54, 1.807) is 0 Å². The van der Waals surface area contributed by atoms with Crippen LogP contribution in [0.4, 0.5) is 18.9 Å². The van der Waals surface area contributed by atoms with Gasteiger partial charge in [0.15, 0.2) is 0 Å². The van der Waals surface area contributed by atoms with Crippen LogP contribution in [0.25, 0.3) is 0 Å². The van der Waals surface area contributed by atoms with E-state index in [2.05, 4.69) is 16.0 Å². The van der Waals surface area contributed by atoms with Gasteiger partial charge in [-0.3, -0.25) is 15.0 Å². The van der Waals surface area contributed by atoms with Crippen molar-refractivity contribution in [3.05, 3.63) is 29.8 Å². The number of amides is 1. The molecule has 2 fully saturated rings. The molecule has 1 amide bonds. The van der Waals surface area contributed by atoms with Gasteiger partial charge < -0.3 is 10.6 Å². The largest absolute Gasteiger partial charge is 0.416 e. The molecule has 5 nitrogen and oxygen atoms in total. The molecule has 0 unspecified atom stereocenters. The molecule has 2 aliphatic rings. The molecular formula is C16H21F3N4O. The van der Waals surface area contributed by atoms with Crippen LogP contribution in [0.2, 0.25) is 0 Å². The quantitative estimate of drug-likeness (QED) is 0.782. The average Bonchev–Trinajstić information content (AvgIpc) is 2.89. The Morgan fingerprint density at radius 1 is 1.21 bits per heavy atom. The first kappa shape index (κ1) is 17.2. The summed E-state index contributed by atoms with van der Waals surface area (Å²) in [7, 11) is 0. The number of anilines is 1. The number of halogens is 3. The monoisotopic (exact) mass is 342 g/mol. The molecule has 1 aromatic carbocycles. The molecular weight excluding hydrogens is 321 g/mol. The van der Waals surface area contributed by atoms with Crippen LogP contribution in [0.15, 0.2) is 24.3 Å². The van der Waals surface area contributed by atoms with E-state index in [9.17, 15) is 18.0 Å². The second-order valence-corrected chi connectivity index (χ2v) is 6.48. The second-order valence-electron chi connectivity index (χ2n) is 6.48. The third-order valence-electron chi connectivity index (χ3n) is 4.63. The van der Waals surface area contributed by atoms with Crippen molar-refractivity contribution in [2.75, 3.05) is 38.2 Å². The molecule has 2 aliphatic heterocycles. The van der Waals surface area contributed by atoms with Crippen molar-refractivity contribution in [2.45, 2.75) is 24.6 Å². The summed E-state index contributed by atoms with van der Waals surface area (Å²) in [6.45, 7) is 3.63. The average molecular weight is 342 g/mol. The molecule has 3 N–H and O–H groups in total. The summed E-state index contributed by atoms with van der Waals surface area (Å²) in [6.07, 6.45) is -2.30. The Bertz CT molecular complexity index is 582. The van der Waals surface area contributed by atoms with Gasteiger partial charge >= 0.3 is 6.18 Å². The summed E-state index contributed by atoms with van der Waals surface area (Å²) in [5.74, 6) is -0.220. The Hall–Kier alpha value is -1.64. The molecule has 0 atom stereocenters. The van der Waals surface area contributed by atoms with E-state index in [1.807, 2.05) is 4.90 Å². The van der Waals surface area contributed by atoms with Crippen LogP contribution in [-0.2, 0) is 11.0 Å². The molecule has 1 aromatic rings. The fourth-order valence-electron chi connectivity index (χ4n) is 3.32. The lowest BCUT2D eigenvalue weighted by atomic mass is 9.89. The van der Waals surface area contributed by atoms with Crippen LogP contribution in [0.5, 0.6) is 0 Å². The number of carbonyl (C=O) groups is 1. The highest BCUT2D eigenvalue weighted by Crippen LogP contribution is 2.30. The zero-order chi connectivity index (χ0) is 17.2. The zero-order valence-electron chi connectivity index (χ0n) is 13.2. The minimum absolute atomic E-state index is 0.0832. The van der Waals surface area contributed by atoms with Crippen molar-refractivity contribution >= 4 is 11.6 Å². The van der Waals surface area contributed by atoms with Gasteiger partial charge in [-0.2, -0.15) is 13.2 Å². The Morgan fingerprint density at radius 2 is 1.88 bits per heavy atom. The maximum Gasteiger partial charge on any atom is 0.416 e. The Balaban J connectivity index is 1.51. The fraction of sp³-hybridized carbons (Fsp3) is 0.562. The Kier molecular flexibility index (Phi) is 4.80. The highest BCUT2D eigenvalue weighted by Gasteiger charge is 2.38. The van der Waals surface area contributed by atoms with E-state index in [4.69, 9.17) is 0 Å². The first-order valence-electron chi connectivity index (χ1n) is 8.02. The lowest BCUT2D eigenvalue weighted by Crippen LogP contribution is -2.50. The van der Waals surface area contributed by atoms with E-state index >= 15 is 0 Å². The van der Waals surface area contributed by atoms with Gasteiger partial charge in [-0.15, -0.1) is 0 Å². The van der Waals surface area contributed by atoms with Crippen LogP contribution >= 0.6 is 0 Å². The smallest absolute Gasteiger partial charge is 0.325 e. The van der Waals surface area contributed by atoms with E-state index in [0.717, 1.165) is 44.6 Å². The highest BCUT2D eigenvalue weighted by molar-refractivity contribution is 5.92. The number of alkyl halides is 3. The highest BCUT2D eigenvalue weighted by atomic mass is 19.4. The van der Waals surface area contributed by atoms with Gasteiger partial charge in [-0.1, -0.05) is 0 Å². The van der Waals surface area contributed by atoms with E-state index in [0.29, 0.717) is 12.4 Å². The standard InChI is InChI=1S/C16H21F3N4O/c17-16(18,19)12-1-3-13(4-2-12)22-14(24)9-23-10-15(21-11-23)5-7-20-8-6-15/h1-4,20-21H,5-11H2,(H,22,24). The predicted octanol–water partition coefficient (Wildman–Crippen LogP) is 1.63. The van der Waals surface area contributed by atoms with Gasteiger partial charge in [-0.05, 0) is 50.2 Å². The van der Waals surface area contributed by atoms with Crippen LogP contribution in [0, 0.1) is 0 Å². The summed E-state index contributed by atoms with van der Waals surface area (Å²) in [5, 5.41) is 9.47. The number of nitrogens with one attached hydrogen (secondary N) is 3. The van der Waals surface area contributed by atoms with Crippen molar-refractivity contribution in [1.29, 1.82) is 0 Å². The summed E-state index contributed by atoms with van der Waals surface area (Å²) in [5.41, 5.74) is -0.270. The van der Waals surface area contributed by atoms with Crippen molar-refractivity contribution in [3.63, 3.8) is 0 Å². The van der Waals surface area contributed by atoms with E-state index in [-0.39, 0.29) is 18.0 Å². The molecule has 2 saturated heterocycles. The molecule has 0 aromatic heterocycles. The Morgan fingerprint density at radius 3 is 2.50 bits per heavy atom. The molecule has 1 spiro atoms. The number of piperidine rings is 1. The van der Waals surface area contributed by atoms with Crippen LogP contribution in [0.1, 0.15) is 18.4 Å². The maximum absolute atomic E-state index is 12.5. The third-order valence-corrected chi connectivity index (χ3v) is 4.63. The number of nitrogens with zero attached hydrogens (tertiary/aromatic N) is 1. The molecule has 8 heteroatoms. The zero-order valence-corrected chi connectivity index (χ0v) is 13.2. The van der Waals surface area contributed by atoms with Crippen molar-refractivity contribution < 1.29 is 18.0 Å². The number of hydrogen-bond donors (Lipinski definition) is 3. The van der Waals surface area contributed by atoms with Gasteiger partial charge in [0.05, 0.1) is 12.1 Å². The summed E-state index contributed by atoms with van der Waals surface area (Å²) in [6, 6.07) is 4.49. The maximum atomic E-state index is 12.5. The molecule has 0 radical (unpaired) electrons. The van der Waals surface area contributed by atoms with Gasteiger partial charge in [0.1, 0.15) is 0 Å². The SMILES string of the molecule is O=C(CN1CNC2(CCNCC2)C1)Nc1ccc(C(F)(F)F)cc1. The number of benzene rings is 1. The predicted molar refractivity (Wildman–Crippen MR) is 84.5 cm³/mol. The molecule has 0 saturated carbocycles. The minimum atomic E-state index is -4.37. The van der Waals surface area contributed by atoms with Gasteiger partial charge in [0.2, 0.25) is 5.91 Å². The topological polar surface area (TPSA) is 56.4 Å². The molecule has 3 rings (SSSR count). The minimum Gasteiger partial charge on any atom is -0.325 e. The first-order valence-corrected chi connectivity index (χ1v) is 8.02. The lowest BCUT2D eigenvalue weighted by Gasteiger charge is -2.33. The van der Waals surface area contributed by atoms with Crippen LogP contribution in [0.3, 0.4) is 0 Å². The Labute approximate surface area is 138 Å². The summed E-state index contributed by atoms with van der Waals surface area (Å²) in [4.78, 5) is 14.1. The van der Waals surface area contributed by atoms with E-state index in [1.165, 1.54) is 12.1 Å². The molecule has 24 heavy (non-hydrogen) atoms. The van der Waals surface area contributed by atoms with Gasteiger partial charge in [-0.25, -0.2) is 0 Å². The van der Waals surface area contributed by atoms with Gasteiger partial charge in [0, 0.05) is 24.4 Å². The second kappa shape index (κ2) is 6.70. The summed E-state index contributed by atoms with van der Waals surface area (Å²) >= 11 is 0. The number of carbonyl (C=O) groups excluding carboxylic acids is 1. The van der Waals surface area contributed by atoms with Crippen LogP contribution < -0.4 is 16.0 Å². The fourth-order valence-corrected chi connectivity index (χ4v) is 3.32. The third kappa shape index (κ3) is 4.06. The molecule has 2 heterocycles. The molecule has 0 aliphatic carbocycles.